The first-order valence-corrected chi connectivity index (χ1v) is 13.1. The van der Waals surface area contributed by atoms with Crippen molar-refractivity contribution in [1.29, 1.82) is 0 Å². The molecule has 32 heavy (non-hydrogen) atoms. The fraction of sp³-hybridized carbons (Fsp3) is 0.652. The lowest BCUT2D eigenvalue weighted by Crippen LogP contribution is -2.45. The molecule has 2 amide bonds. The summed E-state index contributed by atoms with van der Waals surface area (Å²) < 4.78 is 27.1. The number of carbonyl (C=O) groups excluding carboxylic acids is 2. The number of amides is 2. The van der Waals surface area contributed by atoms with Gasteiger partial charge in [-0.15, -0.1) is 0 Å². The highest BCUT2D eigenvalue weighted by molar-refractivity contribution is 7.89. The zero-order valence-electron chi connectivity index (χ0n) is 19.3. The van der Waals surface area contributed by atoms with Gasteiger partial charge < -0.3 is 9.80 Å². The van der Waals surface area contributed by atoms with Crippen LogP contribution in [0.25, 0.3) is 0 Å². The van der Waals surface area contributed by atoms with Crippen molar-refractivity contribution in [3.63, 3.8) is 0 Å². The lowest BCUT2D eigenvalue weighted by Gasteiger charge is -2.33. The van der Waals surface area contributed by atoms with Crippen LogP contribution in [0.4, 0.5) is 0 Å². The van der Waals surface area contributed by atoms with Gasteiger partial charge in [0.15, 0.2) is 0 Å². The smallest absolute Gasteiger partial charge is 0.243 e. The molecule has 0 spiro atoms. The minimum absolute atomic E-state index is 0.124. The van der Waals surface area contributed by atoms with Crippen LogP contribution in [0.3, 0.4) is 0 Å². The van der Waals surface area contributed by atoms with E-state index in [9.17, 15) is 18.0 Å². The lowest BCUT2D eigenvalue weighted by molar-refractivity contribution is -0.136. The monoisotopic (exact) mass is 464 g/mol. The third kappa shape index (κ3) is 5.88. The van der Waals surface area contributed by atoms with Crippen molar-refractivity contribution in [2.45, 2.75) is 38.0 Å². The SMILES string of the molecule is CCN(CC)C(=O)CN1CCCN(C(=O)C2CCN(S(=O)(=O)c3ccccc3)CC2)CC1. The predicted octanol–water partition coefficient (Wildman–Crippen LogP) is 1.49. The first-order valence-electron chi connectivity index (χ1n) is 11.7. The number of likely N-dealkylation sites (N-methyl/N-ethyl adjacent to an activating group) is 1. The maximum absolute atomic E-state index is 13.1. The third-order valence-electron chi connectivity index (χ3n) is 6.56. The van der Waals surface area contributed by atoms with E-state index in [1.165, 1.54) is 4.31 Å². The van der Waals surface area contributed by atoms with Gasteiger partial charge in [-0.2, -0.15) is 4.31 Å². The van der Waals surface area contributed by atoms with E-state index < -0.39 is 10.0 Å². The fourth-order valence-corrected chi connectivity index (χ4v) is 6.05. The van der Waals surface area contributed by atoms with Gasteiger partial charge in [-0.05, 0) is 45.2 Å². The highest BCUT2D eigenvalue weighted by Crippen LogP contribution is 2.25. The third-order valence-corrected chi connectivity index (χ3v) is 8.47. The summed E-state index contributed by atoms with van der Waals surface area (Å²) in [5.74, 6) is 0.126. The highest BCUT2D eigenvalue weighted by Gasteiger charge is 2.34. The van der Waals surface area contributed by atoms with Gasteiger partial charge in [-0.1, -0.05) is 18.2 Å². The van der Waals surface area contributed by atoms with Gasteiger partial charge in [0.05, 0.1) is 11.4 Å². The van der Waals surface area contributed by atoms with Crippen molar-refractivity contribution >= 4 is 21.8 Å². The van der Waals surface area contributed by atoms with Gasteiger partial charge in [-0.25, -0.2) is 8.42 Å². The summed E-state index contributed by atoms with van der Waals surface area (Å²) in [6.45, 7) is 9.35. The average molecular weight is 465 g/mol. The molecule has 0 atom stereocenters. The van der Waals surface area contributed by atoms with Crippen LogP contribution < -0.4 is 0 Å². The number of rotatable bonds is 7. The van der Waals surface area contributed by atoms with E-state index in [1.807, 2.05) is 23.6 Å². The number of nitrogens with zero attached hydrogens (tertiary/aromatic N) is 4. The number of sulfonamides is 1. The molecule has 2 aliphatic heterocycles. The van der Waals surface area contributed by atoms with Gasteiger partial charge in [0.1, 0.15) is 0 Å². The fourth-order valence-electron chi connectivity index (χ4n) is 4.56. The van der Waals surface area contributed by atoms with E-state index in [0.717, 1.165) is 13.0 Å². The second kappa shape index (κ2) is 11.2. The molecular formula is C23H36N4O4S. The minimum Gasteiger partial charge on any atom is -0.342 e. The molecule has 2 aliphatic rings. The minimum atomic E-state index is -3.51. The first kappa shape index (κ1) is 24.7. The Morgan fingerprint density at radius 3 is 2.22 bits per heavy atom. The predicted molar refractivity (Wildman–Crippen MR) is 123 cm³/mol. The molecule has 2 fully saturated rings. The number of piperidine rings is 1. The van der Waals surface area contributed by atoms with Gasteiger partial charge >= 0.3 is 0 Å². The topological polar surface area (TPSA) is 81.2 Å². The van der Waals surface area contributed by atoms with Crippen LogP contribution in [0.1, 0.15) is 33.1 Å². The Kier molecular flexibility index (Phi) is 8.67. The Balaban J connectivity index is 1.51. The van der Waals surface area contributed by atoms with Crippen molar-refractivity contribution in [2.24, 2.45) is 5.92 Å². The molecule has 8 nitrogen and oxygen atoms in total. The van der Waals surface area contributed by atoms with Crippen molar-refractivity contribution in [3.05, 3.63) is 30.3 Å². The van der Waals surface area contributed by atoms with Crippen molar-refractivity contribution in [1.82, 2.24) is 19.0 Å². The molecule has 0 aromatic heterocycles. The summed E-state index contributed by atoms with van der Waals surface area (Å²) in [6, 6.07) is 8.47. The van der Waals surface area contributed by atoms with E-state index in [2.05, 4.69) is 4.90 Å². The molecule has 0 bridgehead atoms. The molecule has 1 aromatic rings. The molecule has 0 N–H and O–H groups in total. The molecule has 0 radical (unpaired) electrons. The molecule has 3 rings (SSSR count). The van der Waals surface area contributed by atoms with E-state index in [1.54, 1.807) is 30.3 Å². The Morgan fingerprint density at radius 2 is 1.59 bits per heavy atom. The molecule has 0 unspecified atom stereocenters. The molecule has 2 saturated heterocycles. The Bertz CT molecular complexity index is 865. The van der Waals surface area contributed by atoms with Crippen LogP contribution in [0.5, 0.6) is 0 Å². The number of benzene rings is 1. The molecule has 0 saturated carbocycles. The van der Waals surface area contributed by atoms with Gasteiger partial charge in [-0.3, -0.25) is 14.5 Å². The molecule has 178 valence electrons. The van der Waals surface area contributed by atoms with Crippen LogP contribution in [-0.4, -0.2) is 98.1 Å². The van der Waals surface area contributed by atoms with E-state index >= 15 is 0 Å². The maximum Gasteiger partial charge on any atom is 0.243 e. The summed E-state index contributed by atoms with van der Waals surface area (Å²) in [4.78, 5) is 31.7. The maximum atomic E-state index is 13.1. The summed E-state index contributed by atoms with van der Waals surface area (Å²) in [6.07, 6.45) is 1.94. The summed E-state index contributed by atoms with van der Waals surface area (Å²) in [5, 5.41) is 0. The average Bonchev–Trinajstić information content (AvgIpc) is 3.05. The Morgan fingerprint density at radius 1 is 0.938 bits per heavy atom. The molecule has 9 heteroatoms. The number of carbonyl (C=O) groups is 2. The number of hydrogen-bond donors (Lipinski definition) is 0. The van der Waals surface area contributed by atoms with E-state index in [4.69, 9.17) is 0 Å². The second-order valence-corrected chi connectivity index (χ2v) is 10.5. The molecular weight excluding hydrogens is 428 g/mol. The Labute approximate surface area is 192 Å². The molecule has 1 aromatic carbocycles. The van der Waals surface area contributed by atoms with E-state index in [-0.39, 0.29) is 17.7 Å². The highest BCUT2D eigenvalue weighted by atomic mass is 32.2. The zero-order valence-corrected chi connectivity index (χ0v) is 20.1. The van der Waals surface area contributed by atoms with Crippen LogP contribution in [0.15, 0.2) is 35.2 Å². The second-order valence-electron chi connectivity index (χ2n) is 8.51. The van der Waals surface area contributed by atoms with Crippen LogP contribution in [-0.2, 0) is 19.6 Å². The first-order chi connectivity index (χ1) is 15.4. The normalized spacial score (nSPS) is 19.5. The van der Waals surface area contributed by atoms with Gasteiger partial charge in [0.2, 0.25) is 21.8 Å². The van der Waals surface area contributed by atoms with E-state index in [0.29, 0.717) is 70.1 Å². The number of hydrogen-bond acceptors (Lipinski definition) is 5. The van der Waals surface area contributed by atoms with Crippen LogP contribution in [0.2, 0.25) is 0 Å². The molecule has 0 aliphatic carbocycles. The standard InChI is InChI=1S/C23H36N4O4S/c1-3-25(4-2)22(28)19-24-13-8-14-26(18-17-24)23(29)20-11-15-27(16-12-20)32(30,31)21-9-6-5-7-10-21/h5-7,9-10,20H,3-4,8,11-19H2,1-2H3. The van der Waals surface area contributed by atoms with Crippen LogP contribution in [0, 0.1) is 5.92 Å². The summed E-state index contributed by atoms with van der Waals surface area (Å²) in [7, 11) is -3.51. The Hall–Kier alpha value is -1.97. The van der Waals surface area contributed by atoms with Crippen molar-refractivity contribution in [2.75, 3.05) is 58.9 Å². The van der Waals surface area contributed by atoms with Crippen molar-refractivity contribution < 1.29 is 18.0 Å². The summed E-state index contributed by atoms with van der Waals surface area (Å²) in [5.41, 5.74) is 0. The molecule has 2 heterocycles. The lowest BCUT2D eigenvalue weighted by atomic mass is 9.96. The van der Waals surface area contributed by atoms with Gasteiger partial charge in [0, 0.05) is 58.3 Å². The quantitative estimate of drug-likeness (QED) is 0.611. The van der Waals surface area contributed by atoms with Crippen molar-refractivity contribution in [3.8, 4) is 0 Å². The van der Waals surface area contributed by atoms with Crippen LogP contribution >= 0.6 is 0 Å². The largest absolute Gasteiger partial charge is 0.342 e. The summed E-state index contributed by atoms with van der Waals surface area (Å²) >= 11 is 0. The van der Waals surface area contributed by atoms with Gasteiger partial charge in [0.25, 0.3) is 0 Å². The zero-order chi connectivity index (χ0) is 23.1.